The predicted molar refractivity (Wildman–Crippen MR) is 80.1 cm³/mol. The van der Waals surface area contributed by atoms with E-state index in [-0.39, 0.29) is 5.91 Å². The number of thioether (sulfide) groups is 1. The van der Waals surface area contributed by atoms with E-state index in [1.807, 2.05) is 31.2 Å². The Bertz CT molecular complexity index is 462. The van der Waals surface area contributed by atoms with E-state index in [0.717, 1.165) is 17.7 Å². The molecule has 2 rings (SSSR count). The minimum Gasteiger partial charge on any atom is -0.387 e. The first kappa shape index (κ1) is 14.2. The molecule has 19 heavy (non-hydrogen) atoms. The number of carbonyl (C=O) groups is 1. The van der Waals surface area contributed by atoms with Crippen LogP contribution in [0.5, 0.6) is 0 Å². The van der Waals surface area contributed by atoms with Crippen LogP contribution < -0.4 is 5.32 Å². The summed E-state index contributed by atoms with van der Waals surface area (Å²) in [6.07, 6.45) is 4.04. The van der Waals surface area contributed by atoms with Gasteiger partial charge in [-0.2, -0.15) is 11.8 Å². The molecule has 0 aromatic heterocycles. The molecule has 0 radical (unpaired) electrons. The first-order valence-corrected chi connectivity index (χ1v) is 7.56. The van der Waals surface area contributed by atoms with Gasteiger partial charge in [-0.3, -0.25) is 4.79 Å². The third-order valence-electron chi connectivity index (χ3n) is 3.18. The molecular weight excluding hydrogens is 258 g/mol. The number of aryl methyl sites for hydroxylation is 1. The van der Waals surface area contributed by atoms with Gasteiger partial charge in [0, 0.05) is 18.4 Å². The Balaban J connectivity index is 1.82. The van der Waals surface area contributed by atoms with Crippen molar-refractivity contribution in [1.29, 1.82) is 0 Å². The maximum Gasteiger partial charge on any atom is 0.244 e. The zero-order chi connectivity index (χ0) is 13.7. The van der Waals surface area contributed by atoms with Crippen molar-refractivity contribution in [2.75, 3.05) is 18.1 Å². The van der Waals surface area contributed by atoms with E-state index in [4.69, 9.17) is 0 Å². The normalized spacial score (nSPS) is 22.8. The molecule has 1 fully saturated rings. The van der Waals surface area contributed by atoms with Crippen molar-refractivity contribution in [1.82, 2.24) is 5.32 Å². The number of benzene rings is 1. The molecule has 0 aliphatic carbocycles. The van der Waals surface area contributed by atoms with Crippen LogP contribution in [0.2, 0.25) is 0 Å². The molecule has 1 amide bonds. The Hall–Kier alpha value is -1.26. The molecule has 1 heterocycles. The van der Waals surface area contributed by atoms with Gasteiger partial charge < -0.3 is 10.4 Å². The molecule has 0 bridgehead atoms. The van der Waals surface area contributed by atoms with Crippen LogP contribution >= 0.6 is 11.8 Å². The molecular formula is C15H19NO2S. The van der Waals surface area contributed by atoms with Gasteiger partial charge in [-0.1, -0.05) is 29.8 Å². The fourth-order valence-electron chi connectivity index (χ4n) is 1.90. The Morgan fingerprint density at radius 2 is 2.21 bits per heavy atom. The van der Waals surface area contributed by atoms with Crippen molar-refractivity contribution in [3.05, 3.63) is 41.5 Å². The average Bonchev–Trinajstić information content (AvgIpc) is 2.83. The molecule has 1 aliphatic rings. The van der Waals surface area contributed by atoms with E-state index < -0.39 is 5.60 Å². The second kappa shape index (κ2) is 6.26. The van der Waals surface area contributed by atoms with E-state index >= 15 is 0 Å². The van der Waals surface area contributed by atoms with Crippen LogP contribution in [0, 0.1) is 6.92 Å². The first-order valence-electron chi connectivity index (χ1n) is 6.40. The molecule has 102 valence electrons. The number of amides is 1. The highest BCUT2D eigenvalue weighted by molar-refractivity contribution is 7.99. The van der Waals surface area contributed by atoms with Crippen molar-refractivity contribution in [2.24, 2.45) is 0 Å². The monoisotopic (exact) mass is 277 g/mol. The summed E-state index contributed by atoms with van der Waals surface area (Å²) in [6.45, 7) is 2.36. The maximum absolute atomic E-state index is 11.7. The molecule has 1 atom stereocenters. The number of hydrogen-bond donors (Lipinski definition) is 2. The lowest BCUT2D eigenvalue weighted by atomic mass is 10.0. The maximum atomic E-state index is 11.7. The second-order valence-electron chi connectivity index (χ2n) is 4.99. The quantitative estimate of drug-likeness (QED) is 0.828. The summed E-state index contributed by atoms with van der Waals surface area (Å²) in [5.74, 6) is 1.51. The molecule has 1 unspecified atom stereocenters. The molecule has 4 heteroatoms. The highest BCUT2D eigenvalue weighted by atomic mass is 32.2. The number of carbonyl (C=O) groups excluding carboxylic acids is 1. The van der Waals surface area contributed by atoms with Gasteiger partial charge in [0.1, 0.15) is 0 Å². The van der Waals surface area contributed by atoms with E-state index in [0.29, 0.717) is 12.3 Å². The van der Waals surface area contributed by atoms with Crippen molar-refractivity contribution in [3.63, 3.8) is 0 Å². The summed E-state index contributed by atoms with van der Waals surface area (Å²) in [7, 11) is 0. The zero-order valence-electron chi connectivity index (χ0n) is 11.1. The van der Waals surface area contributed by atoms with Crippen LogP contribution in [0.3, 0.4) is 0 Å². The summed E-state index contributed by atoms with van der Waals surface area (Å²) >= 11 is 1.72. The van der Waals surface area contributed by atoms with Crippen LogP contribution in [-0.4, -0.2) is 34.7 Å². The molecule has 1 aliphatic heterocycles. The molecule has 0 spiro atoms. The lowest BCUT2D eigenvalue weighted by Gasteiger charge is -2.20. The van der Waals surface area contributed by atoms with Crippen molar-refractivity contribution in [3.8, 4) is 0 Å². The number of nitrogens with one attached hydrogen (secondary N) is 1. The van der Waals surface area contributed by atoms with Gasteiger partial charge in [0.25, 0.3) is 0 Å². The predicted octanol–water partition coefficient (Wildman–Crippen LogP) is 1.99. The molecule has 1 aromatic carbocycles. The molecule has 2 N–H and O–H groups in total. The Kier molecular flexibility index (Phi) is 4.66. The number of rotatable bonds is 4. The molecule has 3 nitrogen and oxygen atoms in total. The fourth-order valence-corrected chi connectivity index (χ4v) is 3.19. The lowest BCUT2D eigenvalue weighted by molar-refractivity contribution is -0.117. The largest absolute Gasteiger partial charge is 0.387 e. The van der Waals surface area contributed by atoms with Crippen molar-refractivity contribution in [2.45, 2.75) is 18.9 Å². The van der Waals surface area contributed by atoms with Gasteiger partial charge in [0.2, 0.25) is 5.91 Å². The smallest absolute Gasteiger partial charge is 0.244 e. The molecule has 0 saturated carbocycles. The molecule has 1 aromatic rings. The minimum atomic E-state index is -0.724. The van der Waals surface area contributed by atoms with Gasteiger partial charge in [-0.25, -0.2) is 0 Å². The lowest BCUT2D eigenvalue weighted by Crippen LogP contribution is -2.42. The first-order chi connectivity index (χ1) is 9.07. The van der Waals surface area contributed by atoms with Crippen molar-refractivity contribution >= 4 is 23.7 Å². The minimum absolute atomic E-state index is 0.161. The van der Waals surface area contributed by atoms with E-state index in [1.54, 1.807) is 17.8 Å². The number of hydrogen-bond acceptors (Lipinski definition) is 3. The highest BCUT2D eigenvalue weighted by Crippen LogP contribution is 2.26. The Labute approximate surface area is 118 Å². The summed E-state index contributed by atoms with van der Waals surface area (Å²) in [5, 5.41) is 12.9. The highest BCUT2D eigenvalue weighted by Gasteiger charge is 2.31. The summed E-state index contributed by atoms with van der Waals surface area (Å²) in [6, 6.07) is 7.96. The third kappa shape index (κ3) is 4.40. The number of aliphatic hydroxyl groups is 1. The van der Waals surface area contributed by atoms with Gasteiger partial charge >= 0.3 is 0 Å². The summed E-state index contributed by atoms with van der Waals surface area (Å²) in [5.41, 5.74) is 1.47. The van der Waals surface area contributed by atoms with Gasteiger partial charge in [0.05, 0.1) is 5.60 Å². The van der Waals surface area contributed by atoms with Crippen molar-refractivity contribution < 1.29 is 9.90 Å². The Morgan fingerprint density at radius 3 is 2.84 bits per heavy atom. The van der Waals surface area contributed by atoms with Crippen LogP contribution in [0.25, 0.3) is 6.08 Å². The van der Waals surface area contributed by atoms with Gasteiger partial charge in [-0.15, -0.1) is 0 Å². The van der Waals surface area contributed by atoms with E-state index in [9.17, 15) is 9.90 Å². The molecule has 1 saturated heterocycles. The fraction of sp³-hybridized carbons (Fsp3) is 0.400. The van der Waals surface area contributed by atoms with Crippen LogP contribution in [0.15, 0.2) is 30.3 Å². The standard InChI is InChI=1S/C15H19NO2S/c1-12-2-4-13(5-3-12)6-7-14(17)16-10-15(18)8-9-19-11-15/h2-7,18H,8-11H2,1H3,(H,16,17). The average molecular weight is 277 g/mol. The summed E-state index contributed by atoms with van der Waals surface area (Å²) in [4.78, 5) is 11.7. The topological polar surface area (TPSA) is 49.3 Å². The third-order valence-corrected chi connectivity index (χ3v) is 4.41. The van der Waals surface area contributed by atoms with E-state index in [2.05, 4.69) is 5.32 Å². The van der Waals surface area contributed by atoms with Gasteiger partial charge in [-0.05, 0) is 30.7 Å². The SMILES string of the molecule is Cc1ccc(C=CC(=O)NCC2(O)CCSC2)cc1. The zero-order valence-corrected chi connectivity index (χ0v) is 11.9. The summed E-state index contributed by atoms with van der Waals surface area (Å²) < 4.78 is 0. The van der Waals surface area contributed by atoms with Gasteiger partial charge in [0.15, 0.2) is 0 Å². The Morgan fingerprint density at radius 1 is 1.47 bits per heavy atom. The van der Waals surface area contributed by atoms with Crippen LogP contribution in [0.4, 0.5) is 0 Å². The van der Waals surface area contributed by atoms with Crippen LogP contribution in [-0.2, 0) is 4.79 Å². The van der Waals surface area contributed by atoms with E-state index in [1.165, 1.54) is 11.6 Å². The van der Waals surface area contributed by atoms with Crippen LogP contribution in [0.1, 0.15) is 17.5 Å². The second-order valence-corrected chi connectivity index (χ2v) is 6.09.